The van der Waals surface area contributed by atoms with Gasteiger partial charge in [0, 0.05) is 19.2 Å². The van der Waals surface area contributed by atoms with Crippen molar-refractivity contribution >= 4 is 11.5 Å². The van der Waals surface area contributed by atoms with Crippen LogP contribution in [0.3, 0.4) is 0 Å². The minimum atomic E-state index is 0.758. The normalized spacial score (nSPS) is 14.2. The minimum absolute atomic E-state index is 0.758. The molecule has 0 saturated heterocycles. The standard InChI is InChI=1S/C12H14N4/c1-15-7-6-9-8-14-16(12(9)15)11-5-3-2-4-10(11)13/h2-5,8H,6-7,13H2,1H3. The van der Waals surface area contributed by atoms with E-state index in [9.17, 15) is 0 Å². The van der Waals surface area contributed by atoms with Crippen LogP contribution in [-0.2, 0) is 6.42 Å². The molecule has 1 aromatic carbocycles. The van der Waals surface area contributed by atoms with Crippen molar-refractivity contribution in [2.45, 2.75) is 6.42 Å². The molecule has 0 spiro atoms. The van der Waals surface area contributed by atoms with Gasteiger partial charge in [0.2, 0.25) is 0 Å². The monoisotopic (exact) mass is 214 g/mol. The average Bonchev–Trinajstić information content (AvgIpc) is 2.83. The van der Waals surface area contributed by atoms with Crippen LogP contribution in [0.25, 0.3) is 5.69 Å². The number of nitrogens with two attached hydrogens (primary N) is 1. The Labute approximate surface area is 94.3 Å². The van der Waals surface area contributed by atoms with E-state index in [1.807, 2.05) is 35.1 Å². The number of aromatic nitrogens is 2. The van der Waals surface area contributed by atoms with Gasteiger partial charge in [-0.1, -0.05) is 12.1 Å². The van der Waals surface area contributed by atoms with Crippen LogP contribution < -0.4 is 10.6 Å². The molecule has 2 N–H and O–H groups in total. The lowest BCUT2D eigenvalue weighted by atomic mass is 10.2. The fourth-order valence-electron chi connectivity index (χ4n) is 2.21. The Bertz CT molecular complexity index is 530. The van der Waals surface area contributed by atoms with E-state index < -0.39 is 0 Å². The Morgan fingerprint density at radius 2 is 2.12 bits per heavy atom. The Hall–Kier alpha value is -1.97. The van der Waals surface area contributed by atoms with E-state index in [2.05, 4.69) is 17.0 Å². The van der Waals surface area contributed by atoms with E-state index in [0.29, 0.717) is 0 Å². The van der Waals surface area contributed by atoms with Crippen LogP contribution in [0.4, 0.5) is 11.5 Å². The fraction of sp³-hybridized carbons (Fsp3) is 0.250. The van der Waals surface area contributed by atoms with Gasteiger partial charge in [0.25, 0.3) is 0 Å². The first-order chi connectivity index (χ1) is 7.77. The smallest absolute Gasteiger partial charge is 0.135 e. The Morgan fingerprint density at radius 1 is 1.31 bits per heavy atom. The van der Waals surface area contributed by atoms with E-state index in [1.165, 1.54) is 5.56 Å². The number of hydrogen-bond donors (Lipinski definition) is 1. The van der Waals surface area contributed by atoms with Gasteiger partial charge in [0.15, 0.2) is 0 Å². The molecular weight excluding hydrogens is 200 g/mol. The van der Waals surface area contributed by atoms with Crippen LogP contribution in [-0.4, -0.2) is 23.4 Å². The molecular formula is C12H14N4. The van der Waals surface area contributed by atoms with E-state index in [-0.39, 0.29) is 0 Å². The number of nitrogens with zero attached hydrogens (tertiary/aromatic N) is 3. The molecule has 0 unspecified atom stereocenters. The van der Waals surface area contributed by atoms with Crippen molar-refractivity contribution in [1.29, 1.82) is 0 Å². The van der Waals surface area contributed by atoms with Crippen molar-refractivity contribution in [1.82, 2.24) is 9.78 Å². The van der Waals surface area contributed by atoms with Gasteiger partial charge in [-0.3, -0.25) is 0 Å². The highest BCUT2D eigenvalue weighted by Gasteiger charge is 2.22. The van der Waals surface area contributed by atoms with Gasteiger partial charge in [0.1, 0.15) is 5.82 Å². The first-order valence-corrected chi connectivity index (χ1v) is 5.40. The lowest BCUT2D eigenvalue weighted by molar-refractivity contribution is 0.829. The zero-order valence-electron chi connectivity index (χ0n) is 9.22. The van der Waals surface area contributed by atoms with Gasteiger partial charge in [-0.2, -0.15) is 5.10 Å². The lowest BCUT2D eigenvalue weighted by Crippen LogP contribution is -2.17. The zero-order valence-corrected chi connectivity index (χ0v) is 9.22. The maximum absolute atomic E-state index is 5.97. The Kier molecular flexibility index (Phi) is 1.89. The molecule has 82 valence electrons. The van der Waals surface area contributed by atoms with Crippen molar-refractivity contribution in [3.05, 3.63) is 36.0 Å². The van der Waals surface area contributed by atoms with Gasteiger partial charge in [-0.25, -0.2) is 4.68 Å². The van der Waals surface area contributed by atoms with Gasteiger partial charge in [-0.15, -0.1) is 0 Å². The number of anilines is 2. The van der Waals surface area contributed by atoms with Gasteiger partial charge < -0.3 is 10.6 Å². The summed E-state index contributed by atoms with van der Waals surface area (Å²) < 4.78 is 1.93. The minimum Gasteiger partial charge on any atom is -0.397 e. The molecule has 1 aliphatic rings. The summed E-state index contributed by atoms with van der Waals surface area (Å²) in [5, 5.41) is 4.41. The van der Waals surface area contributed by atoms with Crippen LogP contribution in [0.1, 0.15) is 5.56 Å². The third-order valence-corrected chi connectivity index (χ3v) is 3.06. The second-order valence-electron chi connectivity index (χ2n) is 4.14. The molecule has 0 amide bonds. The van der Waals surface area contributed by atoms with Crippen molar-refractivity contribution in [2.75, 3.05) is 24.2 Å². The summed E-state index contributed by atoms with van der Waals surface area (Å²) in [6.45, 7) is 1.06. The van der Waals surface area contributed by atoms with Gasteiger partial charge >= 0.3 is 0 Å². The fourth-order valence-corrected chi connectivity index (χ4v) is 2.21. The number of benzene rings is 1. The van der Waals surface area contributed by atoms with Crippen LogP contribution in [0.15, 0.2) is 30.5 Å². The molecule has 2 heterocycles. The first kappa shape index (κ1) is 9.27. The van der Waals surface area contributed by atoms with E-state index in [0.717, 1.165) is 30.2 Å². The second-order valence-corrected chi connectivity index (χ2v) is 4.14. The molecule has 3 rings (SSSR count). The molecule has 16 heavy (non-hydrogen) atoms. The maximum Gasteiger partial charge on any atom is 0.135 e. The van der Waals surface area contributed by atoms with Crippen LogP contribution in [0.5, 0.6) is 0 Å². The van der Waals surface area contributed by atoms with E-state index >= 15 is 0 Å². The summed E-state index contributed by atoms with van der Waals surface area (Å²) in [5.41, 5.74) is 8.98. The molecule has 0 bridgehead atoms. The largest absolute Gasteiger partial charge is 0.397 e. The number of rotatable bonds is 1. The highest BCUT2D eigenvalue weighted by molar-refractivity contribution is 5.63. The molecule has 0 fully saturated rings. The maximum atomic E-state index is 5.97. The molecule has 4 heteroatoms. The average molecular weight is 214 g/mol. The molecule has 0 radical (unpaired) electrons. The predicted octanol–water partition coefficient (Wildman–Crippen LogP) is 1.45. The summed E-state index contributed by atoms with van der Waals surface area (Å²) in [7, 11) is 2.09. The Balaban J connectivity index is 2.19. The summed E-state index contributed by atoms with van der Waals surface area (Å²) in [5.74, 6) is 1.16. The van der Waals surface area contributed by atoms with Crippen molar-refractivity contribution in [2.24, 2.45) is 0 Å². The molecule has 4 nitrogen and oxygen atoms in total. The second kappa shape index (κ2) is 3.27. The van der Waals surface area contributed by atoms with E-state index in [4.69, 9.17) is 5.73 Å². The number of fused-ring (bicyclic) bond motifs is 1. The number of nitrogen functional groups attached to an aromatic ring is 1. The Morgan fingerprint density at radius 3 is 2.94 bits per heavy atom. The zero-order chi connectivity index (χ0) is 11.1. The molecule has 1 aromatic heterocycles. The third kappa shape index (κ3) is 1.19. The summed E-state index contributed by atoms with van der Waals surface area (Å²) in [6.07, 6.45) is 3.00. The predicted molar refractivity (Wildman–Crippen MR) is 65.0 cm³/mol. The summed E-state index contributed by atoms with van der Waals surface area (Å²) in [6, 6.07) is 7.81. The number of hydrogen-bond acceptors (Lipinski definition) is 3. The molecule has 1 aliphatic heterocycles. The molecule has 0 aliphatic carbocycles. The van der Waals surface area contributed by atoms with Crippen molar-refractivity contribution < 1.29 is 0 Å². The summed E-state index contributed by atoms with van der Waals surface area (Å²) >= 11 is 0. The highest BCUT2D eigenvalue weighted by Crippen LogP contribution is 2.30. The highest BCUT2D eigenvalue weighted by atomic mass is 15.4. The molecule has 2 aromatic rings. The van der Waals surface area contributed by atoms with Crippen molar-refractivity contribution in [3.63, 3.8) is 0 Å². The van der Waals surface area contributed by atoms with E-state index in [1.54, 1.807) is 0 Å². The first-order valence-electron chi connectivity index (χ1n) is 5.40. The quantitative estimate of drug-likeness (QED) is 0.731. The third-order valence-electron chi connectivity index (χ3n) is 3.06. The topological polar surface area (TPSA) is 47.1 Å². The van der Waals surface area contributed by atoms with Gasteiger partial charge in [-0.05, 0) is 18.6 Å². The number of likely N-dealkylation sites (N-methyl/N-ethyl adjacent to an activating group) is 1. The van der Waals surface area contributed by atoms with Crippen LogP contribution in [0.2, 0.25) is 0 Å². The van der Waals surface area contributed by atoms with Crippen LogP contribution in [0, 0.1) is 0 Å². The van der Waals surface area contributed by atoms with Crippen LogP contribution >= 0.6 is 0 Å². The SMILES string of the molecule is CN1CCc2cnn(-c3ccccc3N)c21. The van der Waals surface area contributed by atoms with Crippen molar-refractivity contribution in [3.8, 4) is 5.69 Å². The van der Waals surface area contributed by atoms with Gasteiger partial charge in [0.05, 0.1) is 17.6 Å². The summed E-state index contributed by atoms with van der Waals surface area (Å²) in [4.78, 5) is 2.22. The molecule has 0 saturated carbocycles. The number of para-hydroxylation sites is 2. The lowest BCUT2D eigenvalue weighted by Gasteiger charge is -2.15. The molecule has 0 atom stereocenters.